The van der Waals surface area contributed by atoms with Crippen molar-refractivity contribution < 1.29 is 22.7 Å². The van der Waals surface area contributed by atoms with Gasteiger partial charge in [-0.1, -0.05) is 18.2 Å². The molecule has 35 heavy (non-hydrogen) atoms. The molecule has 1 N–H and O–H groups in total. The number of hydrogen-bond acceptors (Lipinski definition) is 6. The van der Waals surface area contributed by atoms with Crippen LogP contribution in [-0.4, -0.2) is 39.8 Å². The monoisotopic (exact) mass is 495 g/mol. The van der Waals surface area contributed by atoms with Crippen LogP contribution in [0.3, 0.4) is 0 Å². The van der Waals surface area contributed by atoms with E-state index in [4.69, 9.17) is 9.47 Å². The third-order valence-corrected chi connectivity index (χ3v) is 6.50. The highest BCUT2D eigenvalue weighted by Gasteiger charge is 2.27. The lowest BCUT2D eigenvalue weighted by atomic mass is 10.2. The van der Waals surface area contributed by atoms with E-state index in [-0.39, 0.29) is 11.0 Å². The summed E-state index contributed by atoms with van der Waals surface area (Å²) < 4.78 is 38.8. The largest absolute Gasteiger partial charge is 0.494 e. The number of carbonyl (C=O) groups excluding carboxylic acids is 1. The van der Waals surface area contributed by atoms with Crippen molar-refractivity contribution in [2.24, 2.45) is 5.10 Å². The summed E-state index contributed by atoms with van der Waals surface area (Å²) >= 11 is 0. The fourth-order valence-electron chi connectivity index (χ4n) is 3.16. The summed E-state index contributed by atoms with van der Waals surface area (Å²) in [5.74, 6) is 0.715. The Morgan fingerprint density at radius 1 is 0.971 bits per heavy atom. The molecule has 3 aromatic carbocycles. The van der Waals surface area contributed by atoms with Crippen molar-refractivity contribution in [2.75, 3.05) is 17.5 Å². The zero-order valence-electron chi connectivity index (χ0n) is 19.9. The maximum atomic E-state index is 13.4. The molecule has 0 heterocycles. The number of hydrogen-bond donors (Lipinski definition) is 1. The molecule has 9 heteroatoms. The Labute approximate surface area is 206 Å². The van der Waals surface area contributed by atoms with E-state index in [9.17, 15) is 13.2 Å². The zero-order chi connectivity index (χ0) is 25.3. The number of benzene rings is 3. The normalized spacial score (nSPS) is 11.4. The predicted molar refractivity (Wildman–Crippen MR) is 137 cm³/mol. The first kappa shape index (κ1) is 25.8. The van der Waals surface area contributed by atoms with Crippen LogP contribution in [-0.2, 0) is 14.8 Å². The standard InChI is InChI=1S/C26H29N3O5S/c1-4-33-23-14-16-25(17-15-23)35(31,32)29(22-8-6-5-7-9-22)19-26(30)28-27-18-21-10-12-24(13-11-21)34-20(2)3/h5-18,20H,4,19H2,1-3H3,(H,28,30)/b27-18+. The minimum Gasteiger partial charge on any atom is -0.494 e. The van der Waals surface area contributed by atoms with Crippen LogP contribution in [0.4, 0.5) is 5.69 Å². The van der Waals surface area contributed by atoms with Crippen LogP contribution in [0.5, 0.6) is 11.5 Å². The highest BCUT2D eigenvalue weighted by Crippen LogP contribution is 2.25. The number of nitrogens with zero attached hydrogens (tertiary/aromatic N) is 2. The van der Waals surface area contributed by atoms with Gasteiger partial charge < -0.3 is 9.47 Å². The molecule has 0 unspecified atom stereocenters. The molecule has 3 aromatic rings. The van der Waals surface area contributed by atoms with Crippen molar-refractivity contribution in [1.29, 1.82) is 0 Å². The Bertz CT molecular complexity index is 1230. The SMILES string of the molecule is CCOc1ccc(S(=O)(=O)N(CC(=O)N/N=C/c2ccc(OC(C)C)cc2)c2ccccc2)cc1. The molecule has 0 aliphatic carbocycles. The van der Waals surface area contributed by atoms with Crippen molar-refractivity contribution >= 4 is 27.8 Å². The smallest absolute Gasteiger partial charge is 0.264 e. The first-order chi connectivity index (χ1) is 16.8. The minimum absolute atomic E-state index is 0.0461. The molecule has 184 valence electrons. The summed E-state index contributed by atoms with van der Waals surface area (Å²) in [7, 11) is -4.02. The fourth-order valence-corrected chi connectivity index (χ4v) is 4.58. The second kappa shape index (κ2) is 12.0. The van der Waals surface area contributed by atoms with Gasteiger partial charge in [0.2, 0.25) is 0 Å². The zero-order valence-corrected chi connectivity index (χ0v) is 20.7. The van der Waals surface area contributed by atoms with Gasteiger partial charge in [-0.05, 0) is 87.0 Å². The van der Waals surface area contributed by atoms with Crippen LogP contribution < -0.4 is 19.2 Å². The third kappa shape index (κ3) is 7.31. The molecule has 0 spiro atoms. The summed E-state index contributed by atoms with van der Waals surface area (Å²) in [6.45, 7) is 5.76. The molecule has 0 aromatic heterocycles. The van der Waals surface area contributed by atoms with E-state index in [1.807, 2.05) is 32.9 Å². The molecule has 1 amide bonds. The Morgan fingerprint density at radius 3 is 2.20 bits per heavy atom. The van der Waals surface area contributed by atoms with Crippen LogP contribution in [0, 0.1) is 0 Å². The van der Waals surface area contributed by atoms with E-state index in [2.05, 4.69) is 10.5 Å². The molecule has 0 saturated carbocycles. The van der Waals surface area contributed by atoms with E-state index in [0.717, 1.165) is 15.6 Å². The Hall–Kier alpha value is -3.85. The summed E-state index contributed by atoms with van der Waals surface area (Å²) in [5.41, 5.74) is 3.52. The summed E-state index contributed by atoms with van der Waals surface area (Å²) in [5, 5.41) is 3.96. The quantitative estimate of drug-likeness (QED) is 0.317. The van der Waals surface area contributed by atoms with Crippen molar-refractivity contribution in [3.63, 3.8) is 0 Å². The van der Waals surface area contributed by atoms with Crippen molar-refractivity contribution in [1.82, 2.24) is 5.43 Å². The van der Waals surface area contributed by atoms with Crippen LogP contribution >= 0.6 is 0 Å². The van der Waals surface area contributed by atoms with Crippen molar-refractivity contribution in [3.8, 4) is 11.5 Å². The van der Waals surface area contributed by atoms with Gasteiger partial charge in [0.05, 0.1) is 29.5 Å². The molecule has 0 radical (unpaired) electrons. The highest BCUT2D eigenvalue weighted by atomic mass is 32.2. The maximum absolute atomic E-state index is 13.4. The van der Waals surface area contributed by atoms with Crippen LogP contribution in [0.1, 0.15) is 26.3 Å². The number of amides is 1. The molecule has 0 aliphatic heterocycles. The van der Waals surface area contributed by atoms with E-state index >= 15 is 0 Å². The first-order valence-corrected chi connectivity index (χ1v) is 12.6. The fraction of sp³-hybridized carbons (Fsp3) is 0.231. The molecule has 0 fully saturated rings. The van der Waals surface area contributed by atoms with E-state index in [1.165, 1.54) is 18.3 Å². The molecule has 0 saturated heterocycles. The average molecular weight is 496 g/mol. The number of sulfonamides is 1. The second-order valence-electron chi connectivity index (χ2n) is 7.78. The van der Waals surface area contributed by atoms with Gasteiger partial charge in [-0.3, -0.25) is 9.10 Å². The number of nitrogens with one attached hydrogen (secondary N) is 1. The molecule has 3 rings (SSSR count). The van der Waals surface area contributed by atoms with Gasteiger partial charge in [0.15, 0.2) is 0 Å². The maximum Gasteiger partial charge on any atom is 0.264 e. The van der Waals surface area contributed by atoms with E-state index in [1.54, 1.807) is 54.6 Å². The van der Waals surface area contributed by atoms with Crippen LogP contribution in [0.2, 0.25) is 0 Å². The van der Waals surface area contributed by atoms with E-state index < -0.39 is 22.5 Å². The molecule has 8 nitrogen and oxygen atoms in total. The summed E-state index contributed by atoms with van der Waals surface area (Å²) in [4.78, 5) is 12.7. The molecule has 0 bridgehead atoms. The number of ether oxygens (including phenoxy) is 2. The average Bonchev–Trinajstić information content (AvgIpc) is 2.84. The van der Waals surface area contributed by atoms with Crippen molar-refractivity contribution in [2.45, 2.75) is 31.8 Å². The number of anilines is 1. The van der Waals surface area contributed by atoms with E-state index in [0.29, 0.717) is 18.0 Å². The topological polar surface area (TPSA) is 97.3 Å². The van der Waals surface area contributed by atoms with Crippen molar-refractivity contribution in [3.05, 3.63) is 84.4 Å². The number of para-hydroxylation sites is 1. The number of rotatable bonds is 11. The van der Waals surface area contributed by atoms with Gasteiger partial charge in [-0.2, -0.15) is 5.10 Å². The predicted octanol–water partition coefficient (Wildman–Crippen LogP) is 4.22. The Balaban J connectivity index is 1.73. The molecular weight excluding hydrogens is 466 g/mol. The first-order valence-electron chi connectivity index (χ1n) is 11.2. The summed E-state index contributed by atoms with van der Waals surface area (Å²) in [6, 6.07) is 21.8. The minimum atomic E-state index is -4.02. The second-order valence-corrected chi connectivity index (χ2v) is 9.64. The molecular formula is C26H29N3O5S. The van der Waals surface area contributed by atoms with Gasteiger partial charge >= 0.3 is 0 Å². The molecule has 0 atom stereocenters. The third-order valence-electron chi connectivity index (χ3n) is 4.71. The summed E-state index contributed by atoms with van der Waals surface area (Å²) in [6.07, 6.45) is 1.55. The van der Waals surface area contributed by atoms with Gasteiger partial charge in [0, 0.05) is 0 Å². The lowest BCUT2D eigenvalue weighted by Crippen LogP contribution is -2.39. The molecule has 0 aliphatic rings. The Kier molecular flexibility index (Phi) is 8.86. The van der Waals surface area contributed by atoms with Gasteiger partial charge in [0.1, 0.15) is 18.0 Å². The number of hydrazone groups is 1. The van der Waals surface area contributed by atoms with Gasteiger partial charge in [-0.25, -0.2) is 13.8 Å². The lowest BCUT2D eigenvalue weighted by Gasteiger charge is -2.23. The highest BCUT2D eigenvalue weighted by molar-refractivity contribution is 7.92. The number of carbonyl (C=O) groups is 1. The van der Waals surface area contributed by atoms with Gasteiger partial charge in [0.25, 0.3) is 15.9 Å². The lowest BCUT2D eigenvalue weighted by molar-refractivity contribution is -0.119. The van der Waals surface area contributed by atoms with Gasteiger partial charge in [-0.15, -0.1) is 0 Å². The Morgan fingerprint density at radius 2 is 1.60 bits per heavy atom. The van der Waals surface area contributed by atoms with Crippen LogP contribution in [0.25, 0.3) is 0 Å². The van der Waals surface area contributed by atoms with Crippen LogP contribution in [0.15, 0.2) is 88.9 Å².